The molecule has 2 aliphatic heterocycles. The van der Waals surface area contributed by atoms with Crippen LogP contribution in [0.15, 0.2) is 24.3 Å². The first-order valence-electron chi connectivity index (χ1n) is 11.6. The summed E-state index contributed by atoms with van der Waals surface area (Å²) in [5.74, 6) is 1.44. The van der Waals surface area contributed by atoms with Gasteiger partial charge in [0.1, 0.15) is 11.5 Å². The summed E-state index contributed by atoms with van der Waals surface area (Å²) < 4.78 is 11.9. The average Bonchev–Trinajstić information content (AvgIpc) is 2.77. The van der Waals surface area contributed by atoms with Crippen LogP contribution in [-0.4, -0.2) is 71.9 Å². The van der Waals surface area contributed by atoms with Crippen LogP contribution >= 0.6 is 0 Å². The van der Waals surface area contributed by atoms with Gasteiger partial charge in [-0.3, -0.25) is 9.80 Å². The molecular weight excluding hydrogens is 380 g/mol. The topological polar surface area (TPSA) is 65.4 Å². The summed E-state index contributed by atoms with van der Waals surface area (Å²) in [4.78, 5) is 4.55. The minimum Gasteiger partial charge on any atom is -0.463 e. The number of nitrogens with zero attached hydrogens (tertiary/aromatic N) is 2. The molecule has 166 valence electrons. The van der Waals surface area contributed by atoms with Gasteiger partial charge in [0.15, 0.2) is 0 Å². The lowest BCUT2D eigenvalue weighted by Gasteiger charge is -2.30. The van der Waals surface area contributed by atoms with Crippen molar-refractivity contribution in [3.63, 3.8) is 0 Å². The van der Waals surface area contributed by atoms with Gasteiger partial charge in [-0.25, -0.2) is 0 Å². The highest BCUT2D eigenvalue weighted by Gasteiger charge is 2.22. The van der Waals surface area contributed by atoms with E-state index < -0.39 is 12.6 Å². The molecule has 30 heavy (non-hydrogen) atoms. The zero-order valence-corrected chi connectivity index (χ0v) is 18.0. The van der Waals surface area contributed by atoms with Gasteiger partial charge in [0.05, 0.1) is 13.1 Å². The molecule has 4 rings (SSSR count). The summed E-state index contributed by atoms with van der Waals surface area (Å²) in [5.41, 5.74) is 2.11. The summed E-state index contributed by atoms with van der Waals surface area (Å²) in [5, 5.41) is 21.0. The van der Waals surface area contributed by atoms with E-state index >= 15 is 0 Å². The first-order valence-corrected chi connectivity index (χ1v) is 11.6. The second-order valence-electron chi connectivity index (χ2n) is 8.77. The molecule has 0 aromatic heterocycles. The quantitative estimate of drug-likeness (QED) is 0.502. The summed E-state index contributed by atoms with van der Waals surface area (Å²) in [6.45, 7) is 5.20. The van der Waals surface area contributed by atoms with Crippen molar-refractivity contribution < 1.29 is 19.7 Å². The van der Waals surface area contributed by atoms with Crippen LogP contribution in [0.4, 0.5) is 0 Å². The normalized spacial score (nSPS) is 22.3. The van der Waals surface area contributed by atoms with Crippen molar-refractivity contribution in [3.8, 4) is 11.5 Å². The van der Waals surface area contributed by atoms with Crippen LogP contribution in [0, 0.1) is 0 Å². The molecule has 2 atom stereocenters. The van der Waals surface area contributed by atoms with Crippen LogP contribution in [0.25, 0.3) is 0 Å². The smallest absolute Gasteiger partial charge is 0.210 e. The minimum absolute atomic E-state index is 0.539. The van der Waals surface area contributed by atoms with Gasteiger partial charge >= 0.3 is 0 Å². The van der Waals surface area contributed by atoms with Crippen LogP contribution in [-0.2, 0) is 12.8 Å². The Balaban J connectivity index is 1.39. The number of aliphatic hydroxyl groups excluding tert-OH is 2. The van der Waals surface area contributed by atoms with Gasteiger partial charge < -0.3 is 19.7 Å². The fraction of sp³-hybridized carbons (Fsp3) is 0.667. The predicted molar refractivity (Wildman–Crippen MR) is 117 cm³/mol. The molecule has 0 spiro atoms. The molecule has 2 N–H and O–H groups in total. The summed E-state index contributed by atoms with van der Waals surface area (Å²) in [7, 11) is 0. The van der Waals surface area contributed by atoms with Crippen molar-refractivity contribution in [2.45, 2.75) is 63.9 Å². The highest BCUT2D eigenvalue weighted by Crippen LogP contribution is 2.35. The van der Waals surface area contributed by atoms with Crippen LogP contribution in [0.3, 0.4) is 0 Å². The van der Waals surface area contributed by atoms with E-state index in [1.54, 1.807) is 0 Å². The third kappa shape index (κ3) is 5.76. The summed E-state index contributed by atoms with van der Waals surface area (Å²) in [6.07, 6.45) is 11.4. The van der Waals surface area contributed by atoms with Crippen molar-refractivity contribution in [1.82, 2.24) is 9.80 Å². The maximum absolute atomic E-state index is 10.5. The second-order valence-corrected chi connectivity index (χ2v) is 8.77. The van der Waals surface area contributed by atoms with Crippen molar-refractivity contribution >= 4 is 0 Å². The molecule has 0 bridgehead atoms. The molecule has 1 aromatic carbocycles. The van der Waals surface area contributed by atoms with E-state index in [1.165, 1.54) is 38.5 Å². The Kier molecular flexibility index (Phi) is 7.66. The van der Waals surface area contributed by atoms with Gasteiger partial charge in [-0.2, -0.15) is 0 Å². The van der Waals surface area contributed by atoms with Crippen LogP contribution in [0.1, 0.15) is 49.7 Å². The molecule has 0 radical (unpaired) electrons. The molecule has 2 unspecified atom stereocenters. The number of ether oxygens (including phenoxy) is 2. The number of rotatable bonds is 8. The van der Waals surface area contributed by atoms with E-state index in [-0.39, 0.29) is 0 Å². The number of likely N-dealkylation sites (tertiary alicyclic amines) is 2. The Labute approximate surface area is 180 Å². The highest BCUT2D eigenvalue weighted by atomic mass is 16.6. The first kappa shape index (κ1) is 21.6. The van der Waals surface area contributed by atoms with Gasteiger partial charge in [0.2, 0.25) is 12.6 Å². The summed E-state index contributed by atoms with van der Waals surface area (Å²) in [6, 6.07) is 3.75. The van der Waals surface area contributed by atoms with Crippen molar-refractivity contribution in [3.05, 3.63) is 35.4 Å². The molecule has 0 saturated carbocycles. The Hall–Kier alpha value is -1.60. The maximum Gasteiger partial charge on any atom is 0.210 e. The van der Waals surface area contributed by atoms with Gasteiger partial charge in [-0.15, -0.1) is 0 Å². The number of hydrogen-bond acceptors (Lipinski definition) is 6. The van der Waals surface area contributed by atoms with E-state index in [1.807, 2.05) is 12.1 Å². The molecule has 0 amide bonds. The zero-order valence-electron chi connectivity index (χ0n) is 18.0. The lowest BCUT2D eigenvalue weighted by atomic mass is 9.95. The van der Waals surface area contributed by atoms with E-state index in [4.69, 9.17) is 9.47 Å². The van der Waals surface area contributed by atoms with E-state index in [2.05, 4.69) is 22.0 Å². The van der Waals surface area contributed by atoms with E-state index in [0.717, 1.165) is 61.6 Å². The molecule has 1 aliphatic carbocycles. The SMILES string of the molecule is OC(CN1CCCCC1)Oc1ccc(OC(O)CN2CCCCC2)c2c1CC=CC2. The Bertz CT molecular complexity index is 652. The molecule has 2 heterocycles. The molecular formula is C24H36N2O4. The molecule has 1 aromatic rings. The number of benzene rings is 1. The maximum atomic E-state index is 10.5. The average molecular weight is 417 g/mol. The van der Waals surface area contributed by atoms with Gasteiger partial charge in [-0.1, -0.05) is 25.0 Å². The van der Waals surface area contributed by atoms with Crippen LogP contribution < -0.4 is 9.47 Å². The number of hydrogen-bond donors (Lipinski definition) is 2. The Morgan fingerprint density at radius 2 is 1.07 bits per heavy atom. The third-order valence-corrected chi connectivity index (χ3v) is 6.41. The lowest BCUT2D eigenvalue weighted by molar-refractivity contribution is -0.0470. The molecule has 6 heteroatoms. The van der Waals surface area contributed by atoms with Gasteiger partial charge in [0.25, 0.3) is 0 Å². The predicted octanol–water partition coefficient (Wildman–Crippen LogP) is 2.71. The molecule has 3 aliphatic rings. The number of aliphatic hydroxyl groups is 2. The fourth-order valence-corrected chi connectivity index (χ4v) is 4.81. The van der Waals surface area contributed by atoms with Crippen molar-refractivity contribution in [2.75, 3.05) is 39.3 Å². The molecule has 6 nitrogen and oxygen atoms in total. The second kappa shape index (κ2) is 10.6. The van der Waals surface area contributed by atoms with Gasteiger partial charge in [0, 0.05) is 11.1 Å². The number of allylic oxidation sites excluding steroid dienone is 2. The summed E-state index contributed by atoms with van der Waals surface area (Å²) >= 11 is 0. The van der Waals surface area contributed by atoms with Crippen LogP contribution in [0.5, 0.6) is 11.5 Å². The molecule has 2 fully saturated rings. The highest BCUT2D eigenvalue weighted by molar-refractivity contribution is 5.52. The number of β-amino-alcohol motifs (C(OH)–C–C–N with tert-alkyl or cyclic N) is 2. The monoisotopic (exact) mass is 416 g/mol. The largest absolute Gasteiger partial charge is 0.463 e. The van der Waals surface area contributed by atoms with Crippen molar-refractivity contribution in [2.24, 2.45) is 0 Å². The Morgan fingerprint density at radius 3 is 1.47 bits per heavy atom. The van der Waals surface area contributed by atoms with Crippen LogP contribution in [0.2, 0.25) is 0 Å². The van der Waals surface area contributed by atoms with E-state index in [0.29, 0.717) is 13.1 Å². The van der Waals surface area contributed by atoms with E-state index in [9.17, 15) is 10.2 Å². The minimum atomic E-state index is -0.838. The zero-order chi connectivity index (χ0) is 20.8. The lowest BCUT2D eigenvalue weighted by Crippen LogP contribution is -2.39. The fourth-order valence-electron chi connectivity index (χ4n) is 4.81. The number of fused-ring (bicyclic) bond motifs is 1. The standard InChI is InChI=1S/C24H36N2O4/c27-23(17-25-13-5-1-6-14-25)29-21-11-12-22(20-10-4-3-9-19(20)21)30-24(28)18-26-15-7-2-8-16-26/h3-4,11-12,23-24,27-28H,1-2,5-10,13-18H2. The molecule has 2 saturated heterocycles. The third-order valence-electron chi connectivity index (χ3n) is 6.41. The van der Waals surface area contributed by atoms with Gasteiger partial charge in [-0.05, 0) is 76.8 Å². The first-order chi connectivity index (χ1) is 14.7. The Morgan fingerprint density at radius 1 is 0.667 bits per heavy atom. The van der Waals surface area contributed by atoms with Crippen molar-refractivity contribution in [1.29, 1.82) is 0 Å². The number of piperidine rings is 2.